The fourth-order valence-corrected chi connectivity index (χ4v) is 1.83. The maximum Gasteiger partial charge on any atom is 0.308 e. The first-order chi connectivity index (χ1) is 8.47. The molecule has 0 fully saturated rings. The van der Waals surface area contributed by atoms with E-state index in [4.69, 9.17) is 22.4 Å². The van der Waals surface area contributed by atoms with E-state index in [9.17, 15) is 9.59 Å². The number of carbonyl (C=O) groups excluding carboxylic acids is 1. The van der Waals surface area contributed by atoms with E-state index in [0.29, 0.717) is 12.1 Å². The molecule has 1 aromatic rings. The number of nitrogens with one attached hydrogen (secondary N) is 1. The highest BCUT2D eigenvalue weighted by Gasteiger charge is 2.17. The molecule has 5 nitrogen and oxygen atoms in total. The number of nitrogens with two attached hydrogens (primary N) is 1. The van der Waals surface area contributed by atoms with Crippen LogP contribution in [0.15, 0.2) is 18.2 Å². The SMILES string of the molecule is CCC(CNc1cccc(Cl)c1C(N)=O)C(=O)O. The lowest BCUT2D eigenvalue weighted by molar-refractivity contribution is -0.141. The first kappa shape index (κ1) is 14.3. The zero-order valence-electron chi connectivity index (χ0n) is 9.94. The van der Waals surface area contributed by atoms with Crippen molar-refractivity contribution in [1.82, 2.24) is 0 Å². The summed E-state index contributed by atoms with van der Waals surface area (Å²) in [5.74, 6) is -2.05. The Morgan fingerprint density at radius 2 is 2.17 bits per heavy atom. The molecular weight excluding hydrogens is 256 g/mol. The summed E-state index contributed by atoms with van der Waals surface area (Å²) < 4.78 is 0. The van der Waals surface area contributed by atoms with Crippen molar-refractivity contribution in [3.05, 3.63) is 28.8 Å². The van der Waals surface area contributed by atoms with Gasteiger partial charge in [-0.15, -0.1) is 0 Å². The van der Waals surface area contributed by atoms with Gasteiger partial charge in [-0.05, 0) is 18.6 Å². The Morgan fingerprint density at radius 3 is 2.67 bits per heavy atom. The van der Waals surface area contributed by atoms with Crippen molar-refractivity contribution in [1.29, 1.82) is 0 Å². The van der Waals surface area contributed by atoms with Crippen LogP contribution in [-0.2, 0) is 4.79 Å². The van der Waals surface area contributed by atoms with Crippen molar-refractivity contribution in [2.24, 2.45) is 11.7 Å². The predicted molar refractivity (Wildman–Crippen MR) is 69.9 cm³/mol. The third-order valence-electron chi connectivity index (χ3n) is 2.64. The molecule has 0 spiro atoms. The van der Waals surface area contributed by atoms with E-state index in [0.717, 1.165) is 0 Å². The van der Waals surface area contributed by atoms with Crippen LogP contribution < -0.4 is 11.1 Å². The van der Waals surface area contributed by atoms with Gasteiger partial charge in [0.1, 0.15) is 0 Å². The summed E-state index contributed by atoms with van der Waals surface area (Å²) in [5, 5.41) is 12.1. The summed E-state index contributed by atoms with van der Waals surface area (Å²) >= 11 is 5.88. The van der Waals surface area contributed by atoms with Gasteiger partial charge in [0, 0.05) is 12.2 Å². The van der Waals surface area contributed by atoms with Gasteiger partial charge < -0.3 is 16.2 Å². The number of anilines is 1. The molecule has 1 unspecified atom stereocenters. The maximum atomic E-state index is 11.3. The predicted octanol–water partition coefficient (Wildman–Crippen LogP) is 1.96. The minimum Gasteiger partial charge on any atom is -0.481 e. The number of hydrogen-bond donors (Lipinski definition) is 3. The molecule has 0 aliphatic rings. The van der Waals surface area contributed by atoms with E-state index in [1.165, 1.54) is 0 Å². The van der Waals surface area contributed by atoms with Crippen LogP contribution in [0.1, 0.15) is 23.7 Å². The molecule has 0 heterocycles. The first-order valence-corrected chi connectivity index (χ1v) is 5.90. The minimum atomic E-state index is -0.882. The van der Waals surface area contributed by atoms with Gasteiger partial charge in [0.05, 0.1) is 16.5 Å². The standard InChI is InChI=1S/C12H15ClN2O3/c1-2-7(12(17)18)6-15-9-5-3-4-8(13)10(9)11(14)16/h3-5,7,15H,2,6H2,1H3,(H2,14,16)(H,17,18). The topological polar surface area (TPSA) is 92.4 Å². The van der Waals surface area contributed by atoms with Gasteiger partial charge in [0.2, 0.25) is 0 Å². The van der Waals surface area contributed by atoms with E-state index in [1.807, 2.05) is 0 Å². The molecule has 0 saturated heterocycles. The zero-order chi connectivity index (χ0) is 13.7. The lowest BCUT2D eigenvalue weighted by Crippen LogP contribution is -2.23. The largest absolute Gasteiger partial charge is 0.481 e. The van der Waals surface area contributed by atoms with E-state index in [-0.39, 0.29) is 17.1 Å². The van der Waals surface area contributed by atoms with Crippen LogP contribution in [0.4, 0.5) is 5.69 Å². The highest BCUT2D eigenvalue weighted by molar-refractivity contribution is 6.34. The summed E-state index contributed by atoms with van der Waals surface area (Å²) in [4.78, 5) is 22.2. The molecule has 98 valence electrons. The lowest BCUT2D eigenvalue weighted by atomic mass is 10.1. The summed E-state index contributed by atoms with van der Waals surface area (Å²) in [7, 11) is 0. The number of hydrogen-bond acceptors (Lipinski definition) is 3. The second-order valence-corrected chi connectivity index (χ2v) is 4.26. The monoisotopic (exact) mass is 270 g/mol. The Hall–Kier alpha value is -1.75. The van der Waals surface area contributed by atoms with Crippen LogP contribution in [0.25, 0.3) is 0 Å². The molecule has 18 heavy (non-hydrogen) atoms. The molecule has 0 saturated carbocycles. The molecule has 0 aromatic heterocycles. The average molecular weight is 271 g/mol. The number of benzene rings is 1. The molecule has 6 heteroatoms. The van der Waals surface area contributed by atoms with E-state index in [1.54, 1.807) is 25.1 Å². The Kier molecular flexibility index (Phi) is 4.97. The average Bonchev–Trinajstić information content (AvgIpc) is 2.28. The number of halogens is 1. The molecule has 1 atom stereocenters. The number of aliphatic carboxylic acids is 1. The number of amides is 1. The van der Waals surface area contributed by atoms with Gasteiger partial charge in [-0.2, -0.15) is 0 Å². The summed E-state index contributed by atoms with van der Waals surface area (Å²) in [6.07, 6.45) is 0.495. The molecule has 0 aliphatic heterocycles. The Morgan fingerprint density at radius 1 is 1.50 bits per heavy atom. The third kappa shape index (κ3) is 3.37. The van der Waals surface area contributed by atoms with Crippen LogP contribution in [-0.4, -0.2) is 23.5 Å². The van der Waals surface area contributed by atoms with E-state index in [2.05, 4.69) is 5.32 Å². The maximum absolute atomic E-state index is 11.3. The Balaban J connectivity index is 2.88. The van der Waals surface area contributed by atoms with E-state index < -0.39 is 17.8 Å². The second kappa shape index (κ2) is 6.26. The summed E-state index contributed by atoms with van der Waals surface area (Å²) in [6.45, 7) is 2.00. The lowest BCUT2D eigenvalue weighted by Gasteiger charge is -2.14. The van der Waals surface area contributed by atoms with Gasteiger partial charge in [0.25, 0.3) is 5.91 Å². The molecular formula is C12H15ClN2O3. The molecule has 0 aliphatic carbocycles. The van der Waals surface area contributed by atoms with Crippen LogP contribution in [0.2, 0.25) is 5.02 Å². The number of rotatable bonds is 6. The number of carbonyl (C=O) groups is 2. The fraction of sp³-hybridized carbons (Fsp3) is 0.333. The molecule has 1 amide bonds. The number of primary amides is 1. The third-order valence-corrected chi connectivity index (χ3v) is 2.96. The van der Waals surface area contributed by atoms with Crippen LogP contribution in [0, 0.1) is 5.92 Å². The minimum absolute atomic E-state index is 0.180. The highest BCUT2D eigenvalue weighted by atomic mass is 35.5. The molecule has 1 aromatic carbocycles. The van der Waals surface area contributed by atoms with Crippen molar-refractivity contribution >= 4 is 29.2 Å². The second-order valence-electron chi connectivity index (χ2n) is 3.85. The molecule has 0 radical (unpaired) electrons. The molecule has 4 N–H and O–H groups in total. The van der Waals surface area contributed by atoms with Crippen molar-refractivity contribution in [3.8, 4) is 0 Å². The first-order valence-electron chi connectivity index (χ1n) is 5.52. The van der Waals surface area contributed by atoms with Gasteiger partial charge in [-0.1, -0.05) is 24.6 Å². The smallest absolute Gasteiger partial charge is 0.308 e. The number of carboxylic acid groups (broad SMARTS) is 1. The van der Waals surface area contributed by atoms with Gasteiger partial charge >= 0.3 is 5.97 Å². The van der Waals surface area contributed by atoms with Gasteiger partial charge in [-0.3, -0.25) is 9.59 Å². The van der Waals surface area contributed by atoms with Crippen LogP contribution in [0.3, 0.4) is 0 Å². The van der Waals surface area contributed by atoms with Gasteiger partial charge in [0.15, 0.2) is 0 Å². The summed E-state index contributed by atoms with van der Waals surface area (Å²) in [6, 6.07) is 4.86. The van der Waals surface area contributed by atoms with Crippen molar-refractivity contribution in [2.75, 3.05) is 11.9 Å². The van der Waals surface area contributed by atoms with E-state index >= 15 is 0 Å². The quantitative estimate of drug-likeness (QED) is 0.737. The summed E-state index contributed by atoms with van der Waals surface area (Å²) in [5.41, 5.74) is 5.87. The van der Waals surface area contributed by atoms with Gasteiger partial charge in [-0.25, -0.2) is 0 Å². The van der Waals surface area contributed by atoms with Crippen LogP contribution >= 0.6 is 11.6 Å². The molecule has 0 bridgehead atoms. The van der Waals surface area contributed by atoms with Crippen molar-refractivity contribution in [2.45, 2.75) is 13.3 Å². The zero-order valence-corrected chi connectivity index (χ0v) is 10.7. The highest BCUT2D eigenvalue weighted by Crippen LogP contribution is 2.24. The fourth-order valence-electron chi connectivity index (χ4n) is 1.56. The van der Waals surface area contributed by atoms with Crippen LogP contribution in [0.5, 0.6) is 0 Å². The van der Waals surface area contributed by atoms with Crippen molar-refractivity contribution in [3.63, 3.8) is 0 Å². The Labute approximate surface area is 110 Å². The molecule has 1 rings (SSSR count). The normalized spacial score (nSPS) is 11.9. The Bertz CT molecular complexity index is 463. The van der Waals surface area contributed by atoms with Crippen molar-refractivity contribution < 1.29 is 14.7 Å². The number of carboxylic acids is 1.